The van der Waals surface area contributed by atoms with Crippen LogP contribution in [-0.2, 0) is 0 Å². The third kappa shape index (κ3) is 3.85. The first-order valence-electron chi connectivity index (χ1n) is 6.36. The van der Waals surface area contributed by atoms with E-state index in [1.807, 2.05) is 19.1 Å². The summed E-state index contributed by atoms with van der Waals surface area (Å²) < 4.78 is 10.3. The van der Waals surface area contributed by atoms with Crippen molar-refractivity contribution in [1.29, 1.82) is 0 Å². The van der Waals surface area contributed by atoms with Gasteiger partial charge in [0.25, 0.3) is 0 Å². The van der Waals surface area contributed by atoms with Gasteiger partial charge in [-0.25, -0.2) is 9.78 Å². The molecule has 21 heavy (non-hydrogen) atoms. The molecule has 0 saturated heterocycles. The SMILES string of the molecule is COc1ccc(NC(=O)Nc2cccc(C)n2)cc1OC. The van der Waals surface area contributed by atoms with E-state index in [4.69, 9.17) is 9.47 Å². The molecule has 0 saturated carbocycles. The van der Waals surface area contributed by atoms with E-state index in [1.165, 1.54) is 0 Å². The zero-order valence-electron chi connectivity index (χ0n) is 12.1. The lowest BCUT2D eigenvalue weighted by Crippen LogP contribution is -2.20. The Kier molecular flexibility index (Phi) is 4.61. The molecule has 2 rings (SSSR count). The van der Waals surface area contributed by atoms with Gasteiger partial charge in [-0.2, -0.15) is 0 Å². The number of benzene rings is 1. The van der Waals surface area contributed by atoms with E-state index in [1.54, 1.807) is 38.5 Å². The van der Waals surface area contributed by atoms with Gasteiger partial charge >= 0.3 is 6.03 Å². The van der Waals surface area contributed by atoms with Crippen LogP contribution >= 0.6 is 0 Å². The summed E-state index contributed by atoms with van der Waals surface area (Å²) in [5.74, 6) is 1.64. The predicted octanol–water partition coefficient (Wildman–Crippen LogP) is 3.05. The quantitative estimate of drug-likeness (QED) is 0.906. The van der Waals surface area contributed by atoms with E-state index >= 15 is 0 Å². The molecule has 6 nitrogen and oxygen atoms in total. The Balaban J connectivity index is 2.06. The maximum atomic E-state index is 11.9. The topological polar surface area (TPSA) is 72.5 Å². The molecule has 6 heteroatoms. The van der Waals surface area contributed by atoms with Gasteiger partial charge in [-0.15, -0.1) is 0 Å². The monoisotopic (exact) mass is 287 g/mol. The predicted molar refractivity (Wildman–Crippen MR) is 81.2 cm³/mol. The molecule has 110 valence electrons. The molecule has 0 aliphatic carbocycles. The number of nitrogens with zero attached hydrogens (tertiary/aromatic N) is 1. The third-order valence-corrected chi connectivity index (χ3v) is 2.77. The summed E-state index contributed by atoms with van der Waals surface area (Å²) in [6, 6.07) is 10.2. The Morgan fingerprint density at radius 2 is 1.81 bits per heavy atom. The zero-order valence-corrected chi connectivity index (χ0v) is 12.1. The van der Waals surface area contributed by atoms with Crippen molar-refractivity contribution in [3.8, 4) is 11.5 Å². The molecule has 2 N–H and O–H groups in total. The number of methoxy groups -OCH3 is 2. The van der Waals surface area contributed by atoms with Crippen molar-refractivity contribution in [3.63, 3.8) is 0 Å². The van der Waals surface area contributed by atoms with E-state index in [2.05, 4.69) is 15.6 Å². The maximum absolute atomic E-state index is 11.9. The first-order chi connectivity index (χ1) is 10.1. The summed E-state index contributed by atoms with van der Waals surface area (Å²) in [5, 5.41) is 5.37. The van der Waals surface area contributed by atoms with Crippen molar-refractivity contribution in [1.82, 2.24) is 4.98 Å². The molecule has 1 aromatic carbocycles. The van der Waals surface area contributed by atoms with Crippen molar-refractivity contribution < 1.29 is 14.3 Å². The van der Waals surface area contributed by atoms with Crippen molar-refractivity contribution >= 4 is 17.5 Å². The molecular weight excluding hydrogens is 270 g/mol. The molecule has 0 aliphatic heterocycles. The van der Waals surface area contributed by atoms with Gasteiger partial charge in [-0.3, -0.25) is 5.32 Å². The van der Waals surface area contributed by atoms with Gasteiger partial charge in [0.05, 0.1) is 14.2 Å². The molecule has 2 aromatic rings. The molecule has 0 unspecified atom stereocenters. The van der Waals surface area contributed by atoms with Crippen LogP contribution in [0, 0.1) is 6.92 Å². The molecule has 1 heterocycles. The summed E-state index contributed by atoms with van der Waals surface area (Å²) in [5.41, 5.74) is 1.43. The van der Waals surface area contributed by atoms with E-state index in [-0.39, 0.29) is 6.03 Å². The number of hydrogen-bond donors (Lipinski definition) is 2. The number of urea groups is 1. The summed E-state index contributed by atoms with van der Waals surface area (Å²) in [6.07, 6.45) is 0. The molecule has 0 spiro atoms. The van der Waals surface area contributed by atoms with E-state index in [0.29, 0.717) is 23.0 Å². The van der Waals surface area contributed by atoms with Crippen LogP contribution in [-0.4, -0.2) is 25.2 Å². The number of aryl methyl sites for hydroxylation is 1. The van der Waals surface area contributed by atoms with E-state index in [0.717, 1.165) is 5.69 Å². The number of carbonyl (C=O) groups excluding carboxylic acids is 1. The van der Waals surface area contributed by atoms with Crippen molar-refractivity contribution in [2.75, 3.05) is 24.9 Å². The minimum absolute atomic E-state index is 0.375. The molecular formula is C15H17N3O3. The molecule has 0 bridgehead atoms. The number of aromatic nitrogens is 1. The maximum Gasteiger partial charge on any atom is 0.324 e. The number of nitrogens with one attached hydrogen (secondary N) is 2. The highest BCUT2D eigenvalue weighted by Gasteiger charge is 2.08. The Morgan fingerprint density at radius 3 is 2.48 bits per heavy atom. The second kappa shape index (κ2) is 6.60. The zero-order chi connectivity index (χ0) is 15.2. The van der Waals surface area contributed by atoms with Crippen molar-refractivity contribution in [3.05, 3.63) is 42.1 Å². The fourth-order valence-electron chi connectivity index (χ4n) is 1.81. The van der Waals surface area contributed by atoms with E-state index < -0.39 is 0 Å². The van der Waals surface area contributed by atoms with Gasteiger partial charge in [-0.1, -0.05) is 6.07 Å². The molecule has 0 aliphatic rings. The number of anilines is 2. The summed E-state index contributed by atoms with van der Waals surface area (Å²) in [4.78, 5) is 16.1. The van der Waals surface area contributed by atoms with Crippen LogP contribution in [0.3, 0.4) is 0 Å². The van der Waals surface area contributed by atoms with Gasteiger partial charge in [0.15, 0.2) is 11.5 Å². The summed E-state index contributed by atoms with van der Waals surface area (Å²) in [6.45, 7) is 1.86. The van der Waals surface area contributed by atoms with Crippen LogP contribution in [0.5, 0.6) is 11.5 Å². The second-order valence-electron chi connectivity index (χ2n) is 4.31. The fourth-order valence-corrected chi connectivity index (χ4v) is 1.81. The third-order valence-electron chi connectivity index (χ3n) is 2.77. The van der Waals surface area contributed by atoms with Crippen molar-refractivity contribution in [2.45, 2.75) is 6.92 Å². The minimum atomic E-state index is -0.375. The van der Waals surface area contributed by atoms with Gasteiger partial charge in [0.2, 0.25) is 0 Å². The van der Waals surface area contributed by atoms with Gasteiger partial charge in [0, 0.05) is 17.4 Å². The number of hydrogen-bond acceptors (Lipinski definition) is 4. The van der Waals surface area contributed by atoms with Crippen molar-refractivity contribution in [2.24, 2.45) is 0 Å². The lowest BCUT2D eigenvalue weighted by atomic mass is 10.3. The summed E-state index contributed by atoms with van der Waals surface area (Å²) >= 11 is 0. The molecule has 0 fully saturated rings. The highest BCUT2D eigenvalue weighted by atomic mass is 16.5. The normalized spacial score (nSPS) is 9.86. The van der Waals surface area contributed by atoms with Gasteiger partial charge < -0.3 is 14.8 Å². The number of rotatable bonds is 4. The van der Waals surface area contributed by atoms with Crippen LogP contribution in [0.25, 0.3) is 0 Å². The van der Waals surface area contributed by atoms with E-state index in [9.17, 15) is 4.79 Å². The minimum Gasteiger partial charge on any atom is -0.493 e. The Bertz CT molecular complexity index is 644. The molecule has 0 radical (unpaired) electrons. The second-order valence-corrected chi connectivity index (χ2v) is 4.31. The number of amides is 2. The smallest absolute Gasteiger partial charge is 0.324 e. The molecule has 1 aromatic heterocycles. The fraction of sp³-hybridized carbons (Fsp3) is 0.200. The number of carbonyl (C=O) groups is 1. The summed E-state index contributed by atoms with van der Waals surface area (Å²) in [7, 11) is 3.10. The average Bonchev–Trinajstić information content (AvgIpc) is 2.47. The lowest BCUT2D eigenvalue weighted by molar-refractivity contribution is 0.262. The highest BCUT2D eigenvalue weighted by molar-refractivity contribution is 5.99. The Labute approximate surface area is 123 Å². The lowest BCUT2D eigenvalue weighted by Gasteiger charge is -2.11. The molecule has 2 amide bonds. The highest BCUT2D eigenvalue weighted by Crippen LogP contribution is 2.29. The van der Waals surface area contributed by atoms with Gasteiger partial charge in [0.1, 0.15) is 5.82 Å². The first-order valence-corrected chi connectivity index (χ1v) is 6.36. The number of pyridine rings is 1. The van der Waals surface area contributed by atoms with Crippen LogP contribution in [0.1, 0.15) is 5.69 Å². The van der Waals surface area contributed by atoms with Gasteiger partial charge in [-0.05, 0) is 31.2 Å². The standard InChI is InChI=1S/C15H17N3O3/c1-10-5-4-6-14(16-10)18-15(19)17-11-7-8-12(20-2)13(9-11)21-3/h4-9H,1-3H3,(H2,16,17,18,19). The average molecular weight is 287 g/mol. The van der Waals surface area contributed by atoms with Crippen LogP contribution in [0.15, 0.2) is 36.4 Å². The Morgan fingerprint density at radius 1 is 1.05 bits per heavy atom. The first kappa shape index (κ1) is 14.6. The van der Waals surface area contributed by atoms with Crippen LogP contribution in [0.4, 0.5) is 16.3 Å². The van der Waals surface area contributed by atoms with Crippen LogP contribution in [0.2, 0.25) is 0 Å². The molecule has 0 atom stereocenters. The Hall–Kier alpha value is -2.76. The largest absolute Gasteiger partial charge is 0.493 e. The number of ether oxygens (including phenoxy) is 2. The van der Waals surface area contributed by atoms with Crippen LogP contribution < -0.4 is 20.1 Å².